The van der Waals surface area contributed by atoms with Gasteiger partial charge in [-0.2, -0.15) is 23.3 Å². The van der Waals surface area contributed by atoms with Crippen molar-refractivity contribution in [1.29, 1.82) is 0 Å². The maximum Gasteiger partial charge on any atom is 4.00 e. The van der Waals surface area contributed by atoms with Crippen LogP contribution in [0, 0.1) is 6.92 Å². The van der Waals surface area contributed by atoms with Crippen molar-refractivity contribution in [3.8, 4) is 0 Å². The molecule has 5 aromatic rings. The van der Waals surface area contributed by atoms with E-state index >= 15 is 0 Å². The summed E-state index contributed by atoms with van der Waals surface area (Å²) in [5.74, 6) is 0. The van der Waals surface area contributed by atoms with Crippen molar-refractivity contribution in [2.24, 2.45) is 0 Å². The third-order valence-corrected chi connectivity index (χ3v) is 8.24. The number of hydrogen-bond acceptors (Lipinski definition) is 0. The van der Waals surface area contributed by atoms with Crippen LogP contribution in [-0.2, 0) is 28.1 Å². The van der Waals surface area contributed by atoms with Crippen LogP contribution in [-0.4, -0.2) is 0 Å². The van der Waals surface area contributed by atoms with Crippen molar-refractivity contribution >= 4 is 34.6 Å². The first-order chi connectivity index (χ1) is 15.8. The molecule has 178 valence electrons. The largest absolute Gasteiger partial charge is 4.00 e. The van der Waals surface area contributed by atoms with E-state index in [0.717, 1.165) is 0 Å². The Morgan fingerprint density at radius 3 is 1.83 bits per heavy atom. The van der Waals surface area contributed by atoms with Gasteiger partial charge in [-0.05, 0) is 18.5 Å². The fraction of sp³-hybridized carbons (Fsp3) is 0.161. The van der Waals surface area contributed by atoms with Crippen molar-refractivity contribution in [3.05, 3.63) is 126 Å². The van der Waals surface area contributed by atoms with Gasteiger partial charge in [0.25, 0.3) is 0 Å². The first-order valence-electron chi connectivity index (χ1n) is 11.5. The Balaban J connectivity index is 0.000000407. The summed E-state index contributed by atoms with van der Waals surface area (Å²) < 4.78 is 0. The monoisotopic (exact) mass is 520 g/mol. The maximum absolute atomic E-state index is 2.35. The van der Waals surface area contributed by atoms with E-state index in [1.54, 1.807) is 0 Å². The molecule has 0 aromatic heterocycles. The van der Waals surface area contributed by atoms with E-state index in [4.69, 9.17) is 0 Å². The smallest absolute Gasteiger partial charge is 1.00 e. The van der Waals surface area contributed by atoms with Gasteiger partial charge >= 0.3 is 21.7 Å². The summed E-state index contributed by atoms with van der Waals surface area (Å²) in [6, 6.07) is 41.6. The zero-order chi connectivity index (χ0) is 22.2. The molecule has 0 N–H and O–H groups in total. The van der Waals surface area contributed by atoms with Crippen molar-refractivity contribution < 1.29 is 31.1 Å². The molecule has 0 unspecified atom stereocenters. The van der Waals surface area contributed by atoms with Gasteiger partial charge in [-0.1, -0.05) is 99.8 Å². The van der Waals surface area contributed by atoms with Crippen molar-refractivity contribution in [3.63, 3.8) is 0 Å². The number of rotatable bonds is 6. The number of fused-ring (bicyclic) bond motifs is 1. The summed E-state index contributed by atoms with van der Waals surface area (Å²) in [4.78, 5) is 0. The molecule has 0 bridgehead atoms. The van der Waals surface area contributed by atoms with E-state index < -0.39 is 7.92 Å². The van der Waals surface area contributed by atoms with Crippen LogP contribution < -0.4 is 25.3 Å². The molecule has 0 atom stereocenters. The average Bonchev–Trinajstić information content (AvgIpc) is 3.45. The second-order valence-corrected chi connectivity index (χ2v) is 10.4. The predicted molar refractivity (Wildman–Crippen MR) is 144 cm³/mol. The van der Waals surface area contributed by atoms with Crippen molar-refractivity contribution in [2.75, 3.05) is 0 Å². The summed E-state index contributed by atoms with van der Waals surface area (Å²) in [6.07, 6.45) is 3.88. The SMILES string of the molecule is CCCC[c-]1cccc1C.[F-].[F-].[Ti+4].c1ccc(P(c2ccccc2)c2cc3ccccc3[cH-]2)cc1. The summed E-state index contributed by atoms with van der Waals surface area (Å²) in [5, 5.41) is 6.89. The third kappa shape index (κ3) is 8.08. The van der Waals surface area contributed by atoms with E-state index in [1.807, 2.05) is 0 Å². The first kappa shape index (κ1) is 30.7. The molecular formula is C31H31F2PTi. The maximum atomic E-state index is 2.35. The van der Waals surface area contributed by atoms with Crippen LogP contribution in [0.1, 0.15) is 30.9 Å². The minimum atomic E-state index is -0.493. The molecule has 0 amide bonds. The standard InChI is InChI=1S/C21H16P.C10H15.2FH.Ti/c1-3-11-19(12-4-1)22(20-13-5-2-6-14-20)21-15-17-9-7-8-10-18(17)16-21;1-3-4-7-10-8-5-6-9(10)2;;;/h1-16H;5-6,8H,3-4,7H2,1-2H3;2*1H;/q2*-1;;;+4/p-2. The molecule has 4 heteroatoms. The van der Waals surface area contributed by atoms with Crippen LogP contribution in [0.5, 0.6) is 0 Å². The molecular weight excluding hydrogens is 489 g/mol. The Morgan fingerprint density at radius 1 is 0.743 bits per heavy atom. The summed E-state index contributed by atoms with van der Waals surface area (Å²) in [5.41, 5.74) is 2.98. The molecule has 0 fully saturated rings. The predicted octanol–water partition coefficient (Wildman–Crippen LogP) is 1.38. The van der Waals surface area contributed by atoms with Gasteiger partial charge in [0.2, 0.25) is 0 Å². The van der Waals surface area contributed by atoms with E-state index in [2.05, 4.69) is 129 Å². The molecule has 0 nitrogen and oxygen atoms in total. The molecule has 0 spiro atoms. The van der Waals surface area contributed by atoms with Gasteiger partial charge in [0.1, 0.15) is 0 Å². The van der Waals surface area contributed by atoms with Gasteiger partial charge in [0.15, 0.2) is 0 Å². The minimum Gasteiger partial charge on any atom is -1.00 e. The van der Waals surface area contributed by atoms with E-state index in [-0.39, 0.29) is 31.1 Å². The van der Waals surface area contributed by atoms with Gasteiger partial charge in [0.05, 0.1) is 0 Å². The van der Waals surface area contributed by atoms with Gasteiger partial charge in [-0.3, -0.25) is 0 Å². The van der Waals surface area contributed by atoms with Gasteiger partial charge < -0.3 is 9.41 Å². The fourth-order valence-electron chi connectivity index (χ4n) is 4.06. The molecule has 0 saturated heterocycles. The Morgan fingerprint density at radius 2 is 1.31 bits per heavy atom. The molecule has 0 radical (unpaired) electrons. The molecule has 0 heterocycles. The average molecular weight is 520 g/mol. The second-order valence-electron chi connectivity index (χ2n) is 8.19. The van der Waals surface area contributed by atoms with Crippen LogP contribution in [0.15, 0.2) is 115 Å². The molecule has 5 rings (SSSR count). The molecule has 5 aromatic carbocycles. The molecule has 0 aliphatic carbocycles. The molecule has 0 aliphatic heterocycles. The van der Waals surface area contributed by atoms with Crippen LogP contribution in [0.2, 0.25) is 0 Å². The number of hydrogen-bond donors (Lipinski definition) is 0. The third-order valence-electron chi connectivity index (χ3n) is 5.84. The number of halogens is 2. The van der Waals surface area contributed by atoms with Crippen LogP contribution >= 0.6 is 7.92 Å². The Kier molecular flexibility index (Phi) is 13.6. The van der Waals surface area contributed by atoms with Crippen molar-refractivity contribution in [1.82, 2.24) is 0 Å². The Labute approximate surface area is 224 Å². The van der Waals surface area contributed by atoms with Crippen LogP contribution in [0.3, 0.4) is 0 Å². The first-order valence-corrected chi connectivity index (χ1v) is 12.9. The molecule has 0 saturated carbocycles. The van der Waals surface area contributed by atoms with Gasteiger partial charge in [0, 0.05) is 0 Å². The Hall–Kier alpha value is -2.38. The van der Waals surface area contributed by atoms with E-state index in [9.17, 15) is 0 Å². The summed E-state index contributed by atoms with van der Waals surface area (Å²) in [6.45, 7) is 4.42. The zero-order valence-electron chi connectivity index (χ0n) is 20.3. The van der Waals surface area contributed by atoms with Crippen LogP contribution in [0.4, 0.5) is 0 Å². The fourth-order valence-corrected chi connectivity index (χ4v) is 6.43. The zero-order valence-corrected chi connectivity index (χ0v) is 22.8. The van der Waals surface area contributed by atoms with E-state index in [0.29, 0.717) is 0 Å². The molecule has 35 heavy (non-hydrogen) atoms. The minimum absolute atomic E-state index is 0. The molecule has 0 aliphatic rings. The number of benzene rings is 3. The number of aryl methyl sites for hydroxylation is 2. The normalized spacial score (nSPS) is 9.91. The van der Waals surface area contributed by atoms with Crippen LogP contribution in [0.25, 0.3) is 10.8 Å². The topological polar surface area (TPSA) is 0 Å². The summed E-state index contributed by atoms with van der Waals surface area (Å²) >= 11 is 0. The quantitative estimate of drug-likeness (QED) is 0.180. The number of unbranched alkanes of at least 4 members (excludes halogenated alkanes) is 1. The second kappa shape index (κ2) is 15.6. The van der Waals surface area contributed by atoms with Gasteiger partial charge in [-0.25, -0.2) is 12.1 Å². The Bertz CT molecular complexity index is 1160. The van der Waals surface area contributed by atoms with E-state index in [1.165, 1.54) is 57.1 Å². The van der Waals surface area contributed by atoms with Gasteiger partial charge in [-0.15, -0.1) is 40.3 Å². The van der Waals surface area contributed by atoms with Crippen molar-refractivity contribution in [2.45, 2.75) is 33.1 Å². The summed E-state index contributed by atoms with van der Waals surface area (Å²) in [7, 11) is -0.493.